The third-order valence-corrected chi connectivity index (χ3v) is 3.90. The van der Waals surface area contributed by atoms with Crippen molar-refractivity contribution in [3.05, 3.63) is 40.7 Å². The second kappa shape index (κ2) is 5.79. The van der Waals surface area contributed by atoms with Gasteiger partial charge in [-0.2, -0.15) is 0 Å². The Bertz CT molecular complexity index is 608. The van der Waals surface area contributed by atoms with Crippen molar-refractivity contribution in [2.45, 2.75) is 13.5 Å². The normalized spacial score (nSPS) is 10.3. The number of thiazole rings is 1. The average molecular weight is 291 g/mol. The number of rotatable bonds is 5. The number of carbonyl (C=O) groups excluding carboxylic acids is 1. The van der Waals surface area contributed by atoms with E-state index in [4.69, 9.17) is 5.11 Å². The molecular formula is C13H13N3O3S. The molecule has 6 nitrogen and oxygen atoms in total. The topological polar surface area (TPSA) is 83.4 Å². The minimum atomic E-state index is -1.19. The molecule has 0 aromatic carbocycles. The van der Waals surface area contributed by atoms with Gasteiger partial charge in [-0.05, 0) is 17.7 Å². The molecule has 0 aliphatic heterocycles. The van der Waals surface area contributed by atoms with Crippen LogP contribution < -0.4 is 4.90 Å². The zero-order valence-corrected chi connectivity index (χ0v) is 11.8. The first kappa shape index (κ1) is 14.1. The van der Waals surface area contributed by atoms with Crippen molar-refractivity contribution in [2.75, 3.05) is 11.9 Å². The highest BCUT2D eigenvalue weighted by molar-refractivity contribution is 7.17. The van der Waals surface area contributed by atoms with Crippen molar-refractivity contribution in [1.82, 2.24) is 9.97 Å². The molecule has 2 rings (SSSR count). The summed E-state index contributed by atoms with van der Waals surface area (Å²) in [6.45, 7) is 1.90. The first-order valence-corrected chi connectivity index (χ1v) is 6.65. The molecule has 0 saturated heterocycles. The number of pyridine rings is 1. The molecule has 0 unspecified atom stereocenters. The van der Waals surface area contributed by atoms with Crippen molar-refractivity contribution >= 4 is 28.2 Å². The average Bonchev–Trinajstić information content (AvgIpc) is 2.85. The van der Waals surface area contributed by atoms with Crippen molar-refractivity contribution in [3.8, 4) is 0 Å². The summed E-state index contributed by atoms with van der Waals surface area (Å²) in [5.41, 5.74) is 0.845. The first-order chi connectivity index (χ1) is 9.49. The van der Waals surface area contributed by atoms with Crippen LogP contribution >= 0.6 is 11.3 Å². The first-order valence-electron chi connectivity index (χ1n) is 5.84. The number of carboxylic acid groups (broad SMARTS) is 1. The molecule has 1 N–H and O–H groups in total. The van der Waals surface area contributed by atoms with E-state index in [-0.39, 0.29) is 16.4 Å². The summed E-state index contributed by atoms with van der Waals surface area (Å²) in [7, 11) is 1.80. The Morgan fingerprint density at radius 3 is 2.50 bits per heavy atom. The Morgan fingerprint density at radius 2 is 2.00 bits per heavy atom. The number of Topliss-reactive ketones (excluding diaryl/α,β-unsaturated/α-hetero) is 1. The van der Waals surface area contributed by atoms with Crippen LogP contribution in [-0.2, 0) is 6.54 Å². The van der Waals surface area contributed by atoms with Gasteiger partial charge in [0.25, 0.3) is 0 Å². The monoisotopic (exact) mass is 291 g/mol. The zero-order chi connectivity index (χ0) is 14.7. The van der Waals surface area contributed by atoms with Crippen molar-refractivity contribution in [1.29, 1.82) is 0 Å². The molecule has 20 heavy (non-hydrogen) atoms. The maximum atomic E-state index is 11.4. The van der Waals surface area contributed by atoms with Gasteiger partial charge in [0, 0.05) is 32.9 Å². The van der Waals surface area contributed by atoms with E-state index in [1.54, 1.807) is 24.3 Å². The van der Waals surface area contributed by atoms with E-state index in [9.17, 15) is 9.59 Å². The van der Waals surface area contributed by atoms with Crippen LogP contribution in [0.25, 0.3) is 0 Å². The van der Waals surface area contributed by atoms with Gasteiger partial charge in [-0.25, -0.2) is 9.78 Å². The van der Waals surface area contributed by atoms with Crippen LogP contribution in [-0.4, -0.2) is 33.9 Å². The van der Waals surface area contributed by atoms with Gasteiger partial charge in [0.05, 0.1) is 0 Å². The SMILES string of the molecule is CC(=O)c1sc(N(C)Cc2ccncc2)nc1C(=O)O. The van der Waals surface area contributed by atoms with Crippen LogP contribution in [0.5, 0.6) is 0 Å². The van der Waals surface area contributed by atoms with Gasteiger partial charge in [-0.3, -0.25) is 9.78 Å². The van der Waals surface area contributed by atoms with Crippen LogP contribution in [0.15, 0.2) is 24.5 Å². The molecule has 104 valence electrons. The fraction of sp³-hybridized carbons (Fsp3) is 0.231. The van der Waals surface area contributed by atoms with E-state index in [1.807, 2.05) is 12.1 Å². The number of hydrogen-bond donors (Lipinski definition) is 1. The molecule has 0 bridgehead atoms. The summed E-state index contributed by atoms with van der Waals surface area (Å²) in [6, 6.07) is 3.74. The molecule has 0 fully saturated rings. The molecule has 2 aromatic heterocycles. The number of carboxylic acids is 1. The standard InChI is InChI=1S/C13H13N3O3S/c1-8(17)11-10(12(18)19)15-13(20-11)16(2)7-9-3-5-14-6-4-9/h3-6H,7H2,1-2H3,(H,18,19). The molecular weight excluding hydrogens is 278 g/mol. The number of aromatic carboxylic acids is 1. The smallest absolute Gasteiger partial charge is 0.356 e. The molecule has 0 spiro atoms. The molecule has 0 saturated carbocycles. The van der Waals surface area contributed by atoms with E-state index in [1.165, 1.54) is 6.92 Å². The van der Waals surface area contributed by atoms with Gasteiger partial charge >= 0.3 is 5.97 Å². The van der Waals surface area contributed by atoms with E-state index >= 15 is 0 Å². The summed E-state index contributed by atoms with van der Waals surface area (Å²) >= 11 is 1.09. The van der Waals surface area contributed by atoms with Crippen LogP contribution in [0.1, 0.15) is 32.6 Å². The van der Waals surface area contributed by atoms with Crippen molar-refractivity contribution in [3.63, 3.8) is 0 Å². The Morgan fingerprint density at radius 1 is 1.35 bits per heavy atom. The van der Waals surface area contributed by atoms with Gasteiger partial charge in [-0.1, -0.05) is 11.3 Å². The Hall–Kier alpha value is -2.28. The van der Waals surface area contributed by atoms with E-state index in [0.717, 1.165) is 16.9 Å². The maximum Gasteiger partial charge on any atom is 0.356 e. The van der Waals surface area contributed by atoms with Gasteiger partial charge in [0.15, 0.2) is 16.6 Å². The lowest BCUT2D eigenvalue weighted by Gasteiger charge is -2.15. The summed E-state index contributed by atoms with van der Waals surface area (Å²) in [4.78, 5) is 32.5. The quantitative estimate of drug-likeness (QED) is 0.849. The zero-order valence-electron chi connectivity index (χ0n) is 11.0. The predicted octanol–water partition coefficient (Wildman–Crippen LogP) is 2.08. The molecule has 0 aliphatic rings. The third kappa shape index (κ3) is 3.00. The van der Waals surface area contributed by atoms with Crippen LogP contribution in [0.3, 0.4) is 0 Å². The molecule has 0 aliphatic carbocycles. The van der Waals surface area contributed by atoms with Gasteiger partial charge in [0.2, 0.25) is 0 Å². The van der Waals surface area contributed by atoms with E-state index in [2.05, 4.69) is 9.97 Å². The van der Waals surface area contributed by atoms with Gasteiger partial charge in [-0.15, -0.1) is 0 Å². The summed E-state index contributed by atoms with van der Waals surface area (Å²) in [6.07, 6.45) is 3.38. The highest BCUT2D eigenvalue weighted by Gasteiger charge is 2.22. The minimum Gasteiger partial charge on any atom is -0.476 e. The minimum absolute atomic E-state index is 0.175. The summed E-state index contributed by atoms with van der Waals surface area (Å²) in [5, 5.41) is 9.57. The highest BCUT2D eigenvalue weighted by Crippen LogP contribution is 2.27. The molecule has 0 amide bonds. The Labute approximate surface area is 119 Å². The lowest BCUT2D eigenvalue weighted by atomic mass is 10.2. The molecule has 2 heterocycles. The second-order valence-corrected chi connectivity index (χ2v) is 5.22. The van der Waals surface area contributed by atoms with Crippen LogP contribution in [0.4, 0.5) is 5.13 Å². The van der Waals surface area contributed by atoms with E-state index < -0.39 is 5.97 Å². The molecule has 2 aromatic rings. The van der Waals surface area contributed by atoms with Gasteiger partial charge in [0.1, 0.15) is 4.88 Å². The predicted molar refractivity (Wildman–Crippen MR) is 75.4 cm³/mol. The molecule has 7 heteroatoms. The number of anilines is 1. The Kier molecular flexibility index (Phi) is 4.09. The molecule has 0 atom stereocenters. The fourth-order valence-corrected chi connectivity index (χ4v) is 2.60. The van der Waals surface area contributed by atoms with Gasteiger partial charge < -0.3 is 10.0 Å². The number of ketones is 1. The van der Waals surface area contributed by atoms with E-state index in [0.29, 0.717) is 11.7 Å². The highest BCUT2D eigenvalue weighted by atomic mass is 32.1. The fourth-order valence-electron chi connectivity index (χ4n) is 1.69. The van der Waals surface area contributed by atoms with Crippen molar-refractivity contribution in [2.24, 2.45) is 0 Å². The third-order valence-electron chi connectivity index (χ3n) is 2.63. The lowest BCUT2D eigenvalue weighted by molar-refractivity contribution is 0.0687. The van der Waals surface area contributed by atoms with Crippen LogP contribution in [0.2, 0.25) is 0 Å². The summed E-state index contributed by atoms with van der Waals surface area (Å²) in [5.74, 6) is -1.47. The lowest BCUT2D eigenvalue weighted by Crippen LogP contribution is -2.16. The molecule has 0 radical (unpaired) electrons. The number of nitrogens with zero attached hydrogens (tertiary/aromatic N) is 3. The van der Waals surface area contributed by atoms with Crippen LogP contribution in [0, 0.1) is 0 Å². The number of aromatic nitrogens is 2. The number of carbonyl (C=O) groups is 2. The largest absolute Gasteiger partial charge is 0.476 e. The van der Waals surface area contributed by atoms with Crippen molar-refractivity contribution < 1.29 is 14.7 Å². The maximum absolute atomic E-state index is 11.4. The Balaban J connectivity index is 2.26. The number of hydrogen-bond acceptors (Lipinski definition) is 6. The summed E-state index contributed by atoms with van der Waals surface area (Å²) < 4.78 is 0. The second-order valence-electron chi connectivity index (χ2n) is 4.25.